The van der Waals surface area contributed by atoms with Gasteiger partial charge in [0, 0.05) is 45.6 Å². The monoisotopic (exact) mass is 570 g/mol. The van der Waals surface area contributed by atoms with Crippen molar-refractivity contribution in [3.8, 4) is 11.1 Å². The Morgan fingerprint density at radius 2 is 1.60 bits per heavy atom. The van der Waals surface area contributed by atoms with Gasteiger partial charge in [0.2, 0.25) is 11.8 Å². The van der Waals surface area contributed by atoms with Crippen molar-refractivity contribution in [2.24, 2.45) is 5.73 Å². The zero-order valence-corrected chi connectivity index (χ0v) is 24.1. The van der Waals surface area contributed by atoms with Gasteiger partial charge in [-0.25, -0.2) is 13.3 Å². The van der Waals surface area contributed by atoms with Gasteiger partial charge in [0.15, 0.2) is 0 Å². The molecule has 1 unspecified atom stereocenters. The van der Waals surface area contributed by atoms with E-state index < -0.39 is 46.1 Å². The number of rotatable bonds is 9. The van der Waals surface area contributed by atoms with E-state index in [9.17, 15) is 18.6 Å². The van der Waals surface area contributed by atoms with E-state index in [4.69, 9.17) is 15.2 Å². The summed E-state index contributed by atoms with van der Waals surface area (Å²) >= 11 is 0. The predicted octanol–water partition coefficient (Wildman–Crippen LogP) is 2.67. The number of ether oxygens (including phenoxy) is 2. The maximum Gasteiger partial charge on any atom is 0.408 e. The fourth-order valence-electron chi connectivity index (χ4n) is 4.58. The number of amides is 3. The smallest absolute Gasteiger partial charge is 0.408 e. The van der Waals surface area contributed by atoms with E-state index in [0.717, 1.165) is 41.1 Å². The number of carbonyl (C=O) groups is 3. The molecule has 0 saturated carbocycles. The molecule has 11 heteroatoms. The minimum Gasteiger partial charge on any atom is -0.444 e. The van der Waals surface area contributed by atoms with Crippen LogP contribution in [0.1, 0.15) is 45.6 Å². The topological polar surface area (TPSA) is 140 Å². The van der Waals surface area contributed by atoms with Gasteiger partial charge in [0.05, 0.1) is 4.90 Å². The van der Waals surface area contributed by atoms with Crippen molar-refractivity contribution in [2.75, 3.05) is 26.3 Å². The van der Waals surface area contributed by atoms with Crippen LogP contribution in [0, 0.1) is 0 Å². The first-order chi connectivity index (χ1) is 19.0. The molecule has 2 atom stereocenters. The van der Waals surface area contributed by atoms with Crippen molar-refractivity contribution in [3.63, 3.8) is 0 Å². The summed E-state index contributed by atoms with van der Waals surface area (Å²) < 4.78 is 25.2. The molecule has 216 valence electrons. The van der Waals surface area contributed by atoms with Crippen LogP contribution in [0.4, 0.5) is 4.79 Å². The zero-order valence-electron chi connectivity index (χ0n) is 23.2. The average molecular weight is 571 g/mol. The Morgan fingerprint density at radius 3 is 2.10 bits per heavy atom. The Morgan fingerprint density at radius 1 is 1.02 bits per heavy atom. The minimum absolute atomic E-state index is 0.189. The van der Waals surface area contributed by atoms with Gasteiger partial charge in [-0.05, 0) is 56.0 Å². The van der Waals surface area contributed by atoms with Crippen LogP contribution in [-0.4, -0.2) is 69.9 Å². The largest absolute Gasteiger partial charge is 0.444 e. The lowest BCUT2D eigenvalue weighted by molar-refractivity contribution is -0.135. The predicted molar refractivity (Wildman–Crippen MR) is 151 cm³/mol. The molecule has 10 nitrogen and oxygen atoms in total. The minimum atomic E-state index is -1.27. The second-order valence-corrected chi connectivity index (χ2v) is 12.7. The Balaban J connectivity index is 1.41. The van der Waals surface area contributed by atoms with E-state index in [1.807, 2.05) is 52.8 Å². The molecule has 2 aromatic rings. The molecule has 2 aromatic carbocycles. The number of hydrogen-bond donors (Lipinski definition) is 3. The lowest BCUT2D eigenvalue weighted by Gasteiger charge is -2.37. The summed E-state index contributed by atoms with van der Waals surface area (Å²) in [6.45, 7) is 7.49. The quantitative estimate of drug-likeness (QED) is 0.424. The van der Waals surface area contributed by atoms with Crippen LogP contribution < -0.4 is 16.4 Å². The summed E-state index contributed by atoms with van der Waals surface area (Å²) in [4.78, 5) is 39.1. The number of nitrogens with zero attached hydrogens (tertiary/aromatic N) is 1. The van der Waals surface area contributed by atoms with Gasteiger partial charge < -0.3 is 25.8 Å². The number of nitrogens with one attached hydrogen (secondary N) is 2. The molecular weight excluding hydrogens is 532 g/mol. The molecule has 4 rings (SSSR count). The Bertz CT molecular complexity index is 1230. The standard InChI is InChI=1S/C29H38N4O6S/c1-28(2,3)39-27(36)32-29(13-17-38-18-14-29)26(35)31-24(25(30)34)19-20-5-7-21(8-6-20)22-9-11-23(12-10-22)40(37)33-15-4-16-33/h5-12,24H,4,13-19H2,1-3H3,(H2,30,34)(H,31,35)(H,32,36)/t24-,40?/m0/s1. The molecule has 0 aromatic heterocycles. The molecule has 2 heterocycles. The number of hydrogen-bond acceptors (Lipinski definition) is 6. The molecule has 2 fully saturated rings. The van der Waals surface area contributed by atoms with Crippen molar-refractivity contribution < 1.29 is 28.1 Å². The van der Waals surface area contributed by atoms with Crippen LogP contribution in [0.2, 0.25) is 0 Å². The summed E-state index contributed by atoms with van der Waals surface area (Å²) in [5, 5.41) is 5.47. The van der Waals surface area contributed by atoms with Gasteiger partial charge in [0.1, 0.15) is 28.2 Å². The van der Waals surface area contributed by atoms with Gasteiger partial charge in [-0.15, -0.1) is 0 Å². The molecule has 0 radical (unpaired) electrons. The first-order valence-corrected chi connectivity index (χ1v) is 14.6. The lowest BCUT2D eigenvalue weighted by atomic mass is 9.88. The number of alkyl carbamates (subject to hydrolysis) is 1. The van der Waals surface area contributed by atoms with E-state index in [1.165, 1.54) is 0 Å². The third-order valence-corrected chi connectivity index (χ3v) is 8.51. The third-order valence-electron chi connectivity index (χ3n) is 7.00. The second kappa shape index (κ2) is 12.5. The molecule has 4 N–H and O–H groups in total. The van der Waals surface area contributed by atoms with Crippen LogP contribution in [0.15, 0.2) is 53.4 Å². The van der Waals surface area contributed by atoms with Crippen LogP contribution in [0.5, 0.6) is 0 Å². The fraction of sp³-hybridized carbons (Fsp3) is 0.483. The lowest BCUT2D eigenvalue weighted by Crippen LogP contribution is -2.64. The Hall–Kier alpha value is -3.28. The highest BCUT2D eigenvalue weighted by Crippen LogP contribution is 2.25. The van der Waals surface area contributed by atoms with Crippen LogP contribution in [-0.2, 0) is 36.5 Å². The van der Waals surface area contributed by atoms with Gasteiger partial charge in [-0.1, -0.05) is 36.4 Å². The maximum atomic E-state index is 13.4. The highest BCUT2D eigenvalue weighted by molar-refractivity contribution is 7.82. The summed E-state index contributed by atoms with van der Waals surface area (Å²) in [6, 6.07) is 14.3. The highest BCUT2D eigenvalue weighted by atomic mass is 32.2. The molecule has 0 bridgehead atoms. The Kier molecular flexibility index (Phi) is 9.27. The molecule has 2 saturated heterocycles. The maximum absolute atomic E-state index is 13.4. The second-order valence-electron chi connectivity index (χ2n) is 11.2. The van der Waals surface area contributed by atoms with E-state index in [-0.39, 0.29) is 32.5 Å². The number of benzene rings is 2. The van der Waals surface area contributed by atoms with Crippen LogP contribution >= 0.6 is 0 Å². The highest BCUT2D eigenvalue weighted by Gasteiger charge is 2.43. The van der Waals surface area contributed by atoms with Crippen molar-refractivity contribution >= 4 is 28.9 Å². The molecular formula is C29H38N4O6S. The number of carbonyl (C=O) groups excluding carboxylic acids is 3. The normalized spacial score (nSPS) is 18.6. The molecule has 0 aliphatic carbocycles. The van der Waals surface area contributed by atoms with Crippen LogP contribution in [0.3, 0.4) is 0 Å². The van der Waals surface area contributed by atoms with E-state index in [2.05, 4.69) is 10.6 Å². The number of nitrogens with two attached hydrogens (primary N) is 1. The van der Waals surface area contributed by atoms with E-state index >= 15 is 0 Å². The van der Waals surface area contributed by atoms with Gasteiger partial charge in [0.25, 0.3) is 0 Å². The zero-order chi connectivity index (χ0) is 28.9. The van der Waals surface area contributed by atoms with Gasteiger partial charge in [-0.2, -0.15) is 0 Å². The first-order valence-electron chi connectivity index (χ1n) is 13.5. The van der Waals surface area contributed by atoms with Crippen molar-refractivity contribution in [2.45, 2.75) is 68.5 Å². The van der Waals surface area contributed by atoms with Crippen LogP contribution in [0.25, 0.3) is 11.1 Å². The summed E-state index contributed by atoms with van der Waals surface area (Å²) in [5.41, 5.74) is 6.41. The average Bonchev–Trinajstić information content (AvgIpc) is 2.87. The molecule has 3 amide bonds. The van der Waals surface area contributed by atoms with Gasteiger partial charge >= 0.3 is 6.09 Å². The van der Waals surface area contributed by atoms with E-state index in [1.54, 1.807) is 20.8 Å². The number of primary amides is 1. The summed E-state index contributed by atoms with van der Waals surface area (Å²) in [6.07, 6.45) is 1.03. The van der Waals surface area contributed by atoms with Crippen molar-refractivity contribution in [1.82, 2.24) is 14.9 Å². The SMILES string of the molecule is CC(C)(C)OC(=O)NC1(C(=O)N[C@@H](Cc2ccc(-c3ccc(S(=O)N4CCC4)cc3)cc2)C(N)=O)CCOCC1. The molecule has 2 aliphatic rings. The summed E-state index contributed by atoms with van der Waals surface area (Å²) in [7, 11) is -1.12. The van der Waals surface area contributed by atoms with Gasteiger partial charge in [-0.3, -0.25) is 9.59 Å². The first kappa shape index (κ1) is 29.7. The van der Waals surface area contributed by atoms with Crippen molar-refractivity contribution in [1.29, 1.82) is 0 Å². The summed E-state index contributed by atoms with van der Waals surface area (Å²) in [5.74, 6) is -1.18. The molecule has 40 heavy (non-hydrogen) atoms. The third kappa shape index (κ3) is 7.47. The van der Waals surface area contributed by atoms with Crippen molar-refractivity contribution in [3.05, 3.63) is 54.1 Å². The fourth-order valence-corrected chi connectivity index (χ4v) is 5.84. The molecule has 2 aliphatic heterocycles. The molecule has 0 spiro atoms. The van der Waals surface area contributed by atoms with E-state index in [0.29, 0.717) is 0 Å². The Labute approximate surface area is 237 Å².